The van der Waals surface area contributed by atoms with Crippen LogP contribution in [0.4, 0.5) is 0 Å². The van der Waals surface area contributed by atoms with Crippen LogP contribution in [0.5, 0.6) is 0 Å². The number of nitrogens with zero attached hydrogens (tertiary/aromatic N) is 5. The van der Waals surface area contributed by atoms with Gasteiger partial charge in [0, 0.05) is 12.3 Å². The summed E-state index contributed by atoms with van der Waals surface area (Å²) in [6, 6.07) is 12.3. The molecule has 0 spiro atoms. The van der Waals surface area contributed by atoms with E-state index >= 15 is 0 Å². The van der Waals surface area contributed by atoms with E-state index < -0.39 is 5.97 Å². The Morgan fingerprint density at radius 2 is 2.04 bits per heavy atom. The second kappa shape index (κ2) is 6.40. The number of fused-ring (bicyclic) bond motifs is 2. The summed E-state index contributed by atoms with van der Waals surface area (Å²) in [6.45, 7) is 1.76. The maximum Gasteiger partial charge on any atom is 0.328 e. The van der Waals surface area contributed by atoms with Crippen LogP contribution in [0.3, 0.4) is 0 Å². The Hall–Kier alpha value is -3.55. The zero-order valence-electron chi connectivity index (χ0n) is 14.0. The molecule has 130 valence electrons. The van der Waals surface area contributed by atoms with Crippen LogP contribution in [0.15, 0.2) is 53.5 Å². The number of hydrogen-bond acceptors (Lipinski definition) is 6. The zero-order valence-corrected chi connectivity index (χ0v) is 14.0. The van der Waals surface area contributed by atoms with Crippen molar-refractivity contribution in [3.05, 3.63) is 70.3 Å². The summed E-state index contributed by atoms with van der Waals surface area (Å²) in [6.07, 6.45) is 1.72. The van der Waals surface area contributed by atoms with Crippen LogP contribution in [0.2, 0.25) is 0 Å². The molecule has 0 aliphatic carbocycles. The molecule has 0 saturated carbocycles. The summed E-state index contributed by atoms with van der Waals surface area (Å²) >= 11 is 0. The molecule has 26 heavy (non-hydrogen) atoms. The molecule has 0 saturated heterocycles. The first-order valence-corrected chi connectivity index (χ1v) is 8.03. The molecule has 0 amide bonds. The second-order valence-corrected chi connectivity index (χ2v) is 5.92. The fourth-order valence-electron chi connectivity index (χ4n) is 2.69. The first-order chi connectivity index (χ1) is 12.6. The Balaban J connectivity index is 1.48. The maximum atomic E-state index is 12.2. The van der Waals surface area contributed by atoms with Crippen molar-refractivity contribution in [2.75, 3.05) is 0 Å². The maximum absolute atomic E-state index is 12.2. The Morgan fingerprint density at radius 3 is 2.92 bits per heavy atom. The van der Waals surface area contributed by atoms with Crippen molar-refractivity contribution in [3.63, 3.8) is 0 Å². The molecule has 4 aromatic rings. The van der Waals surface area contributed by atoms with Crippen molar-refractivity contribution in [1.29, 1.82) is 0 Å². The van der Waals surface area contributed by atoms with Crippen LogP contribution < -0.4 is 5.56 Å². The number of pyridine rings is 1. The summed E-state index contributed by atoms with van der Waals surface area (Å²) < 4.78 is 8.18. The Labute approximate surface area is 147 Å². The number of aryl methyl sites for hydroxylation is 1. The quantitative estimate of drug-likeness (QED) is 0.519. The standard InChI is InChI=1S/C18H15N5O3/c1-12-6-7-16-19-13(8-17(24)22(16)9-12)11-26-18(25)10-23-15-5-3-2-4-14(15)20-21-23/h2-9H,10-11H2,1H3. The van der Waals surface area contributed by atoms with Crippen LogP contribution in [0.1, 0.15) is 11.3 Å². The third-order valence-corrected chi connectivity index (χ3v) is 3.94. The van der Waals surface area contributed by atoms with Crippen molar-refractivity contribution >= 4 is 22.6 Å². The topological polar surface area (TPSA) is 91.4 Å². The van der Waals surface area contributed by atoms with E-state index in [1.54, 1.807) is 12.3 Å². The largest absolute Gasteiger partial charge is 0.458 e. The third-order valence-electron chi connectivity index (χ3n) is 3.94. The van der Waals surface area contributed by atoms with E-state index in [4.69, 9.17) is 4.74 Å². The minimum atomic E-state index is -0.480. The number of benzene rings is 1. The molecule has 0 unspecified atom stereocenters. The molecular formula is C18H15N5O3. The monoisotopic (exact) mass is 349 g/mol. The summed E-state index contributed by atoms with van der Waals surface area (Å²) in [5.41, 5.74) is 3.11. The minimum absolute atomic E-state index is 0.0632. The van der Waals surface area contributed by atoms with Gasteiger partial charge in [-0.15, -0.1) is 5.10 Å². The Morgan fingerprint density at radius 1 is 1.19 bits per heavy atom. The summed E-state index contributed by atoms with van der Waals surface area (Å²) in [5, 5.41) is 7.94. The predicted molar refractivity (Wildman–Crippen MR) is 93.5 cm³/mol. The van der Waals surface area contributed by atoms with E-state index in [0.29, 0.717) is 16.9 Å². The van der Waals surface area contributed by atoms with Gasteiger partial charge in [0.05, 0.1) is 11.2 Å². The van der Waals surface area contributed by atoms with Crippen LogP contribution in [-0.2, 0) is 22.7 Å². The Kier molecular flexibility index (Phi) is 3.92. The molecule has 0 atom stereocenters. The number of esters is 1. The number of ether oxygens (including phenoxy) is 1. The summed E-state index contributed by atoms with van der Waals surface area (Å²) in [4.78, 5) is 28.6. The van der Waals surface area contributed by atoms with Gasteiger partial charge in [0.2, 0.25) is 0 Å². The van der Waals surface area contributed by atoms with Crippen molar-refractivity contribution in [3.8, 4) is 0 Å². The molecule has 8 heteroatoms. The van der Waals surface area contributed by atoms with Gasteiger partial charge in [-0.1, -0.05) is 23.4 Å². The smallest absolute Gasteiger partial charge is 0.328 e. The highest BCUT2D eigenvalue weighted by Gasteiger charge is 2.11. The van der Waals surface area contributed by atoms with Gasteiger partial charge in [-0.3, -0.25) is 14.0 Å². The van der Waals surface area contributed by atoms with E-state index in [0.717, 1.165) is 11.1 Å². The molecule has 0 fully saturated rings. The lowest BCUT2D eigenvalue weighted by molar-refractivity contribution is -0.145. The number of rotatable bonds is 4. The van der Waals surface area contributed by atoms with Gasteiger partial charge in [-0.25, -0.2) is 9.67 Å². The highest BCUT2D eigenvalue weighted by Crippen LogP contribution is 2.10. The number of hydrogen-bond donors (Lipinski definition) is 0. The molecule has 4 rings (SSSR count). The van der Waals surface area contributed by atoms with Crippen molar-refractivity contribution in [1.82, 2.24) is 24.4 Å². The predicted octanol–water partition coefficient (Wildman–Crippen LogP) is 1.49. The molecule has 0 N–H and O–H groups in total. The van der Waals surface area contributed by atoms with Crippen molar-refractivity contribution < 1.29 is 9.53 Å². The molecule has 8 nitrogen and oxygen atoms in total. The third kappa shape index (κ3) is 3.04. The fraction of sp³-hybridized carbons (Fsp3) is 0.167. The first-order valence-electron chi connectivity index (χ1n) is 8.03. The van der Waals surface area contributed by atoms with E-state index in [2.05, 4.69) is 15.3 Å². The van der Waals surface area contributed by atoms with Gasteiger partial charge < -0.3 is 4.74 Å². The number of carbonyl (C=O) groups excluding carboxylic acids is 1. The van der Waals surface area contributed by atoms with Gasteiger partial charge in [-0.2, -0.15) is 0 Å². The summed E-state index contributed by atoms with van der Waals surface area (Å²) in [5.74, 6) is -0.480. The minimum Gasteiger partial charge on any atom is -0.458 e. The second-order valence-electron chi connectivity index (χ2n) is 5.92. The van der Waals surface area contributed by atoms with Gasteiger partial charge in [0.1, 0.15) is 24.3 Å². The van der Waals surface area contributed by atoms with Gasteiger partial charge in [0.25, 0.3) is 5.56 Å². The number of para-hydroxylation sites is 1. The SMILES string of the molecule is Cc1ccc2nc(COC(=O)Cn3nnc4ccccc43)cc(=O)n2c1. The van der Waals surface area contributed by atoms with E-state index in [1.807, 2.05) is 37.3 Å². The van der Waals surface area contributed by atoms with Crippen LogP contribution in [0, 0.1) is 6.92 Å². The fourth-order valence-corrected chi connectivity index (χ4v) is 2.69. The lowest BCUT2D eigenvalue weighted by atomic mass is 10.3. The molecule has 3 aromatic heterocycles. The molecule has 0 radical (unpaired) electrons. The Bertz CT molecular complexity index is 1180. The lowest BCUT2D eigenvalue weighted by Gasteiger charge is -2.07. The van der Waals surface area contributed by atoms with Gasteiger partial charge in [0.15, 0.2) is 0 Å². The average Bonchev–Trinajstić information content (AvgIpc) is 3.04. The van der Waals surface area contributed by atoms with E-state index in [-0.39, 0.29) is 18.7 Å². The van der Waals surface area contributed by atoms with Gasteiger partial charge >= 0.3 is 5.97 Å². The van der Waals surface area contributed by atoms with E-state index in [1.165, 1.54) is 15.1 Å². The first kappa shape index (κ1) is 15.9. The molecule has 0 aliphatic rings. The van der Waals surface area contributed by atoms with Crippen LogP contribution in [0.25, 0.3) is 16.7 Å². The molecule has 1 aromatic carbocycles. The highest BCUT2D eigenvalue weighted by atomic mass is 16.5. The zero-order chi connectivity index (χ0) is 18.1. The number of aromatic nitrogens is 5. The normalized spacial score (nSPS) is 11.1. The molecule has 3 heterocycles. The molecule has 0 aliphatic heterocycles. The lowest BCUT2D eigenvalue weighted by Crippen LogP contribution is -2.18. The van der Waals surface area contributed by atoms with Crippen LogP contribution in [-0.4, -0.2) is 30.3 Å². The summed E-state index contributed by atoms with van der Waals surface area (Å²) in [7, 11) is 0. The number of carbonyl (C=O) groups is 1. The van der Waals surface area contributed by atoms with Crippen molar-refractivity contribution in [2.45, 2.75) is 20.1 Å². The van der Waals surface area contributed by atoms with E-state index in [9.17, 15) is 9.59 Å². The molecular weight excluding hydrogens is 334 g/mol. The molecule has 0 bridgehead atoms. The highest BCUT2D eigenvalue weighted by molar-refractivity contribution is 5.76. The van der Waals surface area contributed by atoms with Gasteiger partial charge in [-0.05, 0) is 30.7 Å². The van der Waals surface area contributed by atoms with Crippen LogP contribution >= 0.6 is 0 Å². The average molecular weight is 349 g/mol. The van der Waals surface area contributed by atoms with Crippen molar-refractivity contribution in [2.24, 2.45) is 0 Å².